The van der Waals surface area contributed by atoms with Gasteiger partial charge in [0.05, 0.1) is 13.2 Å². The molecule has 1 atom stereocenters. The zero-order valence-electron chi connectivity index (χ0n) is 12.1. The Morgan fingerprint density at radius 2 is 1.95 bits per heavy atom. The lowest BCUT2D eigenvalue weighted by molar-refractivity contribution is 0.199. The second-order valence-electron chi connectivity index (χ2n) is 4.84. The van der Waals surface area contributed by atoms with E-state index >= 15 is 0 Å². The average Bonchev–Trinajstić information content (AvgIpc) is 2.46. The molecule has 0 aliphatic carbocycles. The predicted octanol–water partition coefficient (Wildman–Crippen LogP) is 3.64. The van der Waals surface area contributed by atoms with Gasteiger partial charge in [0.1, 0.15) is 18.1 Å². The van der Waals surface area contributed by atoms with Crippen LogP contribution in [0.15, 0.2) is 42.5 Å². The van der Waals surface area contributed by atoms with Crippen LogP contribution in [0.4, 0.5) is 0 Å². The largest absolute Gasteiger partial charge is 0.497 e. The number of benzene rings is 2. The summed E-state index contributed by atoms with van der Waals surface area (Å²) in [4.78, 5) is 0. The van der Waals surface area contributed by atoms with Crippen molar-refractivity contribution in [2.45, 2.75) is 26.6 Å². The molecule has 0 saturated heterocycles. The van der Waals surface area contributed by atoms with E-state index in [1.165, 1.54) is 0 Å². The van der Waals surface area contributed by atoms with Crippen LogP contribution in [0.2, 0.25) is 0 Å². The van der Waals surface area contributed by atoms with Gasteiger partial charge < -0.3 is 14.6 Å². The Kier molecular flexibility index (Phi) is 4.64. The predicted molar refractivity (Wildman–Crippen MR) is 79.1 cm³/mol. The lowest BCUT2D eigenvalue weighted by Crippen LogP contribution is -1.99. The van der Waals surface area contributed by atoms with Crippen molar-refractivity contribution in [3.05, 3.63) is 59.2 Å². The van der Waals surface area contributed by atoms with Crippen LogP contribution in [-0.2, 0) is 6.61 Å². The number of aryl methyl sites for hydroxylation is 1. The van der Waals surface area contributed by atoms with Crippen LogP contribution in [0.1, 0.15) is 29.7 Å². The molecule has 106 valence electrons. The Balaban J connectivity index is 2.07. The summed E-state index contributed by atoms with van der Waals surface area (Å²) < 4.78 is 11.0. The summed E-state index contributed by atoms with van der Waals surface area (Å²) in [5, 5.41) is 9.55. The third kappa shape index (κ3) is 3.52. The standard InChI is InChI=1S/C17H20O3/c1-12-9-15(13(2)18)7-8-17(12)20-11-14-5-4-6-16(10-14)19-3/h4-10,13,18H,11H2,1-3H3/t13-/m0/s1. The van der Waals surface area contributed by atoms with Crippen molar-refractivity contribution >= 4 is 0 Å². The van der Waals surface area contributed by atoms with Crippen LogP contribution in [0.5, 0.6) is 11.5 Å². The van der Waals surface area contributed by atoms with Gasteiger partial charge >= 0.3 is 0 Å². The van der Waals surface area contributed by atoms with E-state index in [-0.39, 0.29) is 0 Å². The molecule has 0 bridgehead atoms. The molecule has 0 aliphatic heterocycles. The summed E-state index contributed by atoms with van der Waals surface area (Å²) in [6.45, 7) is 4.23. The van der Waals surface area contributed by atoms with Crippen molar-refractivity contribution in [1.82, 2.24) is 0 Å². The summed E-state index contributed by atoms with van der Waals surface area (Å²) >= 11 is 0. The maximum Gasteiger partial charge on any atom is 0.122 e. The van der Waals surface area contributed by atoms with Crippen LogP contribution in [0.3, 0.4) is 0 Å². The van der Waals surface area contributed by atoms with Gasteiger partial charge in [-0.2, -0.15) is 0 Å². The first kappa shape index (κ1) is 14.4. The highest BCUT2D eigenvalue weighted by atomic mass is 16.5. The number of rotatable bonds is 5. The van der Waals surface area contributed by atoms with E-state index in [4.69, 9.17) is 9.47 Å². The van der Waals surface area contributed by atoms with Crippen molar-refractivity contribution in [3.63, 3.8) is 0 Å². The van der Waals surface area contributed by atoms with E-state index in [2.05, 4.69) is 0 Å². The van der Waals surface area contributed by atoms with Crippen LogP contribution in [0, 0.1) is 6.92 Å². The molecule has 0 radical (unpaired) electrons. The Bertz CT molecular complexity index is 576. The third-order valence-electron chi connectivity index (χ3n) is 3.21. The van der Waals surface area contributed by atoms with Gasteiger partial charge in [0.25, 0.3) is 0 Å². The molecule has 3 nitrogen and oxygen atoms in total. The number of aliphatic hydroxyl groups excluding tert-OH is 1. The second kappa shape index (κ2) is 6.44. The molecule has 0 aromatic heterocycles. The Hall–Kier alpha value is -2.00. The Morgan fingerprint density at radius 1 is 1.15 bits per heavy atom. The minimum atomic E-state index is -0.457. The lowest BCUT2D eigenvalue weighted by atomic mass is 10.1. The minimum Gasteiger partial charge on any atom is -0.497 e. The van der Waals surface area contributed by atoms with Crippen LogP contribution >= 0.6 is 0 Å². The van der Waals surface area contributed by atoms with E-state index in [0.29, 0.717) is 6.61 Å². The smallest absolute Gasteiger partial charge is 0.122 e. The Morgan fingerprint density at radius 3 is 2.60 bits per heavy atom. The summed E-state index contributed by atoms with van der Waals surface area (Å²) in [6.07, 6.45) is -0.457. The van der Waals surface area contributed by atoms with Gasteiger partial charge in [-0.3, -0.25) is 0 Å². The number of hydrogen-bond acceptors (Lipinski definition) is 3. The molecule has 0 amide bonds. The molecule has 1 N–H and O–H groups in total. The average molecular weight is 272 g/mol. The van der Waals surface area contributed by atoms with E-state index in [1.807, 2.05) is 49.4 Å². The lowest BCUT2D eigenvalue weighted by Gasteiger charge is -2.12. The minimum absolute atomic E-state index is 0.457. The first-order chi connectivity index (χ1) is 9.60. The molecular weight excluding hydrogens is 252 g/mol. The fourth-order valence-corrected chi connectivity index (χ4v) is 2.02. The number of hydrogen-bond donors (Lipinski definition) is 1. The molecule has 0 unspecified atom stereocenters. The maximum absolute atomic E-state index is 9.55. The number of ether oxygens (including phenoxy) is 2. The molecule has 0 heterocycles. The van der Waals surface area contributed by atoms with Crippen molar-refractivity contribution in [1.29, 1.82) is 0 Å². The number of methoxy groups -OCH3 is 1. The SMILES string of the molecule is COc1cccc(COc2ccc([C@H](C)O)cc2C)c1. The van der Waals surface area contributed by atoms with Crippen LogP contribution in [-0.4, -0.2) is 12.2 Å². The molecule has 3 heteroatoms. The third-order valence-corrected chi connectivity index (χ3v) is 3.21. The zero-order valence-corrected chi connectivity index (χ0v) is 12.1. The second-order valence-corrected chi connectivity index (χ2v) is 4.84. The van der Waals surface area contributed by atoms with E-state index < -0.39 is 6.10 Å². The van der Waals surface area contributed by atoms with Gasteiger partial charge in [0.15, 0.2) is 0 Å². The van der Waals surface area contributed by atoms with Crippen LogP contribution < -0.4 is 9.47 Å². The van der Waals surface area contributed by atoms with Crippen molar-refractivity contribution in [2.75, 3.05) is 7.11 Å². The first-order valence-electron chi connectivity index (χ1n) is 6.64. The fraction of sp³-hybridized carbons (Fsp3) is 0.294. The molecule has 20 heavy (non-hydrogen) atoms. The molecule has 0 fully saturated rings. The first-order valence-corrected chi connectivity index (χ1v) is 6.64. The number of aliphatic hydroxyl groups is 1. The molecule has 0 saturated carbocycles. The topological polar surface area (TPSA) is 38.7 Å². The zero-order chi connectivity index (χ0) is 14.5. The molecule has 0 aliphatic rings. The molecule has 0 spiro atoms. The van der Waals surface area contributed by atoms with E-state index in [1.54, 1.807) is 14.0 Å². The Labute approximate surface area is 119 Å². The van der Waals surface area contributed by atoms with Crippen molar-refractivity contribution in [3.8, 4) is 11.5 Å². The van der Waals surface area contributed by atoms with E-state index in [0.717, 1.165) is 28.2 Å². The summed E-state index contributed by atoms with van der Waals surface area (Å²) in [5.74, 6) is 1.66. The molecular formula is C17H20O3. The molecule has 2 aromatic carbocycles. The summed E-state index contributed by atoms with van der Waals surface area (Å²) in [6, 6.07) is 13.6. The van der Waals surface area contributed by atoms with Gasteiger partial charge in [0, 0.05) is 0 Å². The highest BCUT2D eigenvalue weighted by molar-refractivity contribution is 5.37. The highest BCUT2D eigenvalue weighted by Gasteiger charge is 2.05. The monoisotopic (exact) mass is 272 g/mol. The van der Waals surface area contributed by atoms with E-state index in [9.17, 15) is 5.11 Å². The fourth-order valence-electron chi connectivity index (χ4n) is 2.02. The highest BCUT2D eigenvalue weighted by Crippen LogP contribution is 2.24. The molecule has 2 aromatic rings. The van der Waals surface area contributed by atoms with Gasteiger partial charge in [0.2, 0.25) is 0 Å². The van der Waals surface area contributed by atoms with Gasteiger partial charge in [-0.05, 0) is 54.8 Å². The van der Waals surface area contributed by atoms with Gasteiger partial charge in [-0.1, -0.05) is 18.2 Å². The van der Waals surface area contributed by atoms with Crippen molar-refractivity contribution in [2.24, 2.45) is 0 Å². The van der Waals surface area contributed by atoms with Gasteiger partial charge in [-0.25, -0.2) is 0 Å². The molecule has 2 rings (SSSR count). The normalized spacial score (nSPS) is 12.0. The maximum atomic E-state index is 9.55. The summed E-state index contributed by atoms with van der Waals surface area (Å²) in [5.41, 5.74) is 2.98. The quantitative estimate of drug-likeness (QED) is 0.903. The summed E-state index contributed by atoms with van der Waals surface area (Å²) in [7, 11) is 1.65. The van der Waals surface area contributed by atoms with Gasteiger partial charge in [-0.15, -0.1) is 0 Å². The van der Waals surface area contributed by atoms with Crippen molar-refractivity contribution < 1.29 is 14.6 Å². The van der Waals surface area contributed by atoms with Crippen LogP contribution in [0.25, 0.3) is 0 Å².